The quantitative estimate of drug-likeness (QED) is 0.436. The SMILES string of the molecule is CC(C(=O)NC1CCCC1)N(Cc1ccc(Cl)c(Cl)c1)C(=O)CN(c1cccc(Br)c1)S(C)(=O)=O. The van der Waals surface area contributed by atoms with E-state index in [-0.39, 0.29) is 18.5 Å². The molecule has 3 rings (SSSR count). The molecule has 7 nitrogen and oxygen atoms in total. The van der Waals surface area contributed by atoms with E-state index in [1.54, 1.807) is 49.4 Å². The molecule has 1 aliphatic rings. The average molecular weight is 605 g/mol. The lowest BCUT2D eigenvalue weighted by Gasteiger charge is -2.32. The first kappa shape index (κ1) is 27.8. The van der Waals surface area contributed by atoms with Gasteiger partial charge in [-0.2, -0.15) is 0 Å². The Hall–Kier alpha value is -1.81. The van der Waals surface area contributed by atoms with Crippen molar-refractivity contribution in [1.82, 2.24) is 10.2 Å². The minimum Gasteiger partial charge on any atom is -0.352 e. The summed E-state index contributed by atoms with van der Waals surface area (Å²) < 4.78 is 26.9. The Bertz CT molecular complexity index is 1190. The van der Waals surface area contributed by atoms with E-state index in [1.165, 1.54) is 4.90 Å². The van der Waals surface area contributed by atoms with E-state index in [4.69, 9.17) is 23.2 Å². The summed E-state index contributed by atoms with van der Waals surface area (Å²) in [6.45, 7) is 1.24. The van der Waals surface area contributed by atoms with Gasteiger partial charge in [-0.15, -0.1) is 0 Å². The molecule has 0 bridgehead atoms. The number of amides is 2. The summed E-state index contributed by atoms with van der Waals surface area (Å²) in [5.74, 6) is -0.797. The maximum absolute atomic E-state index is 13.6. The molecule has 0 aliphatic heterocycles. The minimum absolute atomic E-state index is 0.0606. The second-order valence-corrected chi connectivity index (χ2v) is 12.3. The molecule has 1 unspecified atom stereocenters. The number of rotatable bonds is 9. The van der Waals surface area contributed by atoms with Crippen molar-refractivity contribution in [1.29, 1.82) is 0 Å². The standard InChI is InChI=1S/C24H28BrCl2N3O4S/c1-16(24(32)28-19-7-3-4-8-19)29(14-17-10-11-21(26)22(27)12-17)23(31)15-30(35(2,33)34)20-9-5-6-18(25)13-20/h5-6,9-13,16,19H,3-4,7-8,14-15H2,1-2H3,(H,28,32). The fourth-order valence-corrected chi connectivity index (χ4v) is 5.60. The molecule has 0 spiro atoms. The molecule has 1 aliphatic carbocycles. The van der Waals surface area contributed by atoms with E-state index in [1.807, 2.05) is 0 Å². The van der Waals surface area contributed by atoms with Crippen LogP contribution in [-0.4, -0.2) is 50.0 Å². The molecule has 2 amide bonds. The van der Waals surface area contributed by atoms with Crippen molar-refractivity contribution in [3.05, 3.63) is 62.5 Å². The lowest BCUT2D eigenvalue weighted by molar-refractivity contribution is -0.139. The van der Waals surface area contributed by atoms with E-state index in [9.17, 15) is 18.0 Å². The number of hydrogen-bond acceptors (Lipinski definition) is 4. The molecule has 0 radical (unpaired) electrons. The fraction of sp³-hybridized carbons (Fsp3) is 0.417. The molecule has 1 fully saturated rings. The van der Waals surface area contributed by atoms with Crippen LogP contribution in [0.1, 0.15) is 38.2 Å². The highest BCUT2D eigenvalue weighted by molar-refractivity contribution is 9.10. The predicted octanol–water partition coefficient (Wildman–Crippen LogP) is 5.00. The van der Waals surface area contributed by atoms with E-state index < -0.39 is 28.5 Å². The third kappa shape index (κ3) is 7.59. The second kappa shape index (κ2) is 12.0. The Labute approximate surface area is 224 Å². The summed E-state index contributed by atoms with van der Waals surface area (Å²) in [6.07, 6.45) is 4.97. The number of nitrogens with zero attached hydrogens (tertiary/aromatic N) is 2. The molecule has 2 aromatic rings. The summed E-state index contributed by atoms with van der Waals surface area (Å²) >= 11 is 15.5. The largest absolute Gasteiger partial charge is 0.352 e. The highest BCUT2D eigenvalue weighted by Gasteiger charge is 2.31. The van der Waals surface area contributed by atoms with Crippen molar-refractivity contribution >= 4 is 66.7 Å². The zero-order valence-electron chi connectivity index (χ0n) is 19.5. The maximum atomic E-state index is 13.6. The Balaban J connectivity index is 1.89. The van der Waals surface area contributed by atoms with Gasteiger partial charge in [-0.3, -0.25) is 13.9 Å². The van der Waals surface area contributed by atoms with Gasteiger partial charge in [-0.1, -0.05) is 64.1 Å². The van der Waals surface area contributed by atoms with Gasteiger partial charge in [-0.25, -0.2) is 8.42 Å². The van der Waals surface area contributed by atoms with Crippen LogP contribution in [0, 0.1) is 0 Å². The molecular weight excluding hydrogens is 577 g/mol. The molecule has 1 N–H and O–H groups in total. The Kier molecular flexibility index (Phi) is 9.48. The van der Waals surface area contributed by atoms with Crippen molar-refractivity contribution in [2.75, 3.05) is 17.1 Å². The Morgan fingerprint density at radius 3 is 2.40 bits per heavy atom. The van der Waals surface area contributed by atoms with Crippen LogP contribution in [0.5, 0.6) is 0 Å². The van der Waals surface area contributed by atoms with E-state index >= 15 is 0 Å². The van der Waals surface area contributed by atoms with Crippen molar-refractivity contribution < 1.29 is 18.0 Å². The van der Waals surface area contributed by atoms with Crippen LogP contribution in [0.15, 0.2) is 46.9 Å². The first-order valence-electron chi connectivity index (χ1n) is 11.2. The normalized spacial score (nSPS) is 15.0. The van der Waals surface area contributed by atoms with Crippen molar-refractivity contribution in [2.45, 2.75) is 51.2 Å². The van der Waals surface area contributed by atoms with E-state index in [0.29, 0.717) is 25.8 Å². The van der Waals surface area contributed by atoms with Gasteiger partial charge in [0.15, 0.2) is 0 Å². The van der Waals surface area contributed by atoms with Crippen LogP contribution in [0.4, 0.5) is 5.69 Å². The molecule has 35 heavy (non-hydrogen) atoms. The topological polar surface area (TPSA) is 86.8 Å². The molecule has 190 valence electrons. The third-order valence-corrected chi connectivity index (χ3v) is 8.35. The Morgan fingerprint density at radius 1 is 1.11 bits per heavy atom. The summed E-state index contributed by atoms with van der Waals surface area (Å²) in [4.78, 5) is 28.0. The zero-order chi connectivity index (χ0) is 25.8. The highest BCUT2D eigenvalue weighted by atomic mass is 79.9. The molecule has 0 saturated heterocycles. The molecule has 0 heterocycles. The van der Waals surface area contributed by atoms with Crippen LogP contribution in [0.2, 0.25) is 10.0 Å². The van der Waals surface area contributed by atoms with Gasteiger partial charge in [0.1, 0.15) is 12.6 Å². The molecule has 11 heteroatoms. The second-order valence-electron chi connectivity index (χ2n) is 8.69. The highest BCUT2D eigenvalue weighted by Crippen LogP contribution is 2.26. The fourth-order valence-electron chi connectivity index (χ4n) is 4.05. The van der Waals surface area contributed by atoms with Crippen LogP contribution in [0.25, 0.3) is 0 Å². The average Bonchev–Trinajstić information content (AvgIpc) is 3.29. The Morgan fingerprint density at radius 2 is 1.80 bits per heavy atom. The van der Waals surface area contributed by atoms with Crippen LogP contribution in [0.3, 0.4) is 0 Å². The molecule has 1 atom stereocenters. The van der Waals surface area contributed by atoms with Crippen LogP contribution < -0.4 is 9.62 Å². The van der Waals surface area contributed by atoms with Gasteiger partial charge < -0.3 is 10.2 Å². The van der Waals surface area contributed by atoms with Gasteiger partial charge in [-0.05, 0) is 55.7 Å². The number of carbonyl (C=O) groups excluding carboxylic acids is 2. The van der Waals surface area contributed by atoms with Crippen molar-refractivity contribution in [2.24, 2.45) is 0 Å². The predicted molar refractivity (Wildman–Crippen MR) is 143 cm³/mol. The number of halogens is 3. The molecular formula is C24H28BrCl2N3O4S. The van der Waals surface area contributed by atoms with Gasteiger partial charge >= 0.3 is 0 Å². The first-order valence-corrected chi connectivity index (χ1v) is 14.6. The van der Waals surface area contributed by atoms with Crippen LogP contribution >= 0.6 is 39.1 Å². The number of hydrogen-bond donors (Lipinski definition) is 1. The molecule has 1 saturated carbocycles. The number of carbonyl (C=O) groups is 2. The summed E-state index contributed by atoms with van der Waals surface area (Å²) in [6, 6.07) is 10.9. The van der Waals surface area contributed by atoms with Gasteiger partial charge in [0.25, 0.3) is 0 Å². The number of anilines is 1. The summed E-state index contributed by atoms with van der Waals surface area (Å²) in [7, 11) is -3.79. The van der Waals surface area contributed by atoms with Crippen molar-refractivity contribution in [3.63, 3.8) is 0 Å². The van der Waals surface area contributed by atoms with E-state index in [2.05, 4.69) is 21.2 Å². The maximum Gasteiger partial charge on any atom is 0.244 e. The number of sulfonamides is 1. The zero-order valence-corrected chi connectivity index (χ0v) is 23.4. The monoisotopic (exact) mass is 603 g/mol. The number of benzene rings is 2. The van der Waals surface area contributed by atoms with Crippen LogP contribution in [-0.2, 0) is 26.2 Å². The lowest BCUT2D eigenvalue weighted by atomic mass is 10.1. The minimum atomic E-state index is -3.79. The van der Waals surface area contributed by atoms with Crippen molar-refractivity contribution in [3.8, 4) is 0 Å². The molecule has 2 aromatic carbocycles. The number of nitrogens with one attached hydrogen (secondary N) is 1. The third-order valence-electron chi connectivity index (χ3n) is 5.98. The van der Waals surface area contributed by atoms with Gasteiger partial charge in [0.2, 0.25) is 21.8 Å². The van der Waals surface area contributed by atoms with Gasteiger partial charge in [0, 0.05) is 17.1 Å². The summed E-state index contributed by atoms with van der Waals surface area (Å²) in [5, 5.41) is 3.72. The van der Waals surface area contributed by atoms with Gasteiger partial charge in [0.05, 0.1) is 22.0 Å². The molecule has 0 aromatic heterocycles. The smallest absolute Gasteiger partial charge is 0.244 e. The first-order chi connectivity index (χ1) is 16.5. The van der Waals surface area contributed by atoms with E-state index in [0.717, 1.165) is 36.2 Å². The summed E-state index contributed by atoms with van der Waals surface area (Å²) in [5.41, 5.74) is 1.01. The lowest BCUT2D eigenvalue weighted by Crippen LogP contribution is -2.52.